The van der Waals surface area contributed by atoms with Gasteiger partial charge in [-0.3, -0.25) is 0 Å². The van der Waals surface area contributed by atoms with Crippen LogP contribution in [0.3, 0.4) is 0 Å². The molecule has 0 amide bonds. The summed E-state index contributed by atoms with van der Waals surface area (Å²) in [6.45, 7) is 2.00. The Morgan fingerprint density at radius 1 is 1.50 bits per heavy atom. The Labute approximate surface area is 69.0 Å². The highest BCUT2D eigenvalue weighted by Gasteiger charge is 2.06. The van der Waals surface area contributed by atoms with Gasteiger partial charge in [-0.15, -0.1) is 4.39 Å². The van der Waals surface area contributed by atoms with Crippen molar-refractivity contribution in [2.24, 2.45) is 0 Å². The minimum atomic E-state index is -0.758. The lowest BCUT2D eigenvalue weighted by molar-refractivity contribution is 0.355. The van der Waals surface area contributed by atoms with Gasteiger partial charge < -0.3 is 4.42 Å². The molecule has 2 rings (SSSR count). The number of aromatic nitrogens is 1. The van der Waals surface area contributed by atoms with Gasteiger partial charge in [0, 0.05) is 0 Å². The second-order valence-electron chi connectivity index (χ2n) is 2.58. The molecule has 1 heterocycles. The second kappa shape index (κ2) is 2.59. The standard InChI is InChI=1S/C9H8FNO/c1-2-6-4-3-5-7-8(6)11-9(10)12-7/h3-5H,2H2,1H3. The number of fused-ring (bicyclic) bond motifs is 1. The van der Waals surface area contributed by atoms with Crippen LogP contribution in [0.25, 0.3) is 11.1 Å². The maximum Gasteiger partial charge on any atom is 0.382 e. The Morgan fingerprint density at radius 2 is 2.33 bits per heavy atom. The van der Waals surface area contributed by atoms with Crippen molar-refractivity contribution in [1.29, 1.82) is 0 Å². The summed E-state index contributed by atoms with van der Waals surface area (Å²) in [6.07, 6.45) is 0.0782. The Balaban J connectivity index is 2.78. The average Bonchev–Trinajstić information content (AvgIpc) is 2.44. The van der Waals surface area contributed by atoms with Crippen LogP contribution in [0, 0.1) is 6.14 Å². The van der Waals surface area contributed by atoms with Gasteiger partial charge in [0.05, 0.1) is 0 Å². The zero-order valence-corrected chi connectivity index (χ0v) is 6.67. The van der Waals surface area contributed by atoms with Crippen molar-refractivity contribution < 1.29 is 8.81 Å². The largest absolute Gasteiger partial charge is 0.415 e. The number of aryl methyl sites for hydroxylation is 1. The number of rotatable bonds is 1. The summed E-state index contributed by atoms with van der Waals surface area (Å²) in [7, 11) is 0. The predicted octanol–water partition coefficient (Wildman–Crippen LogP) is 2.53. The first-order chi connectivity index (χ1) is 5.81. The van der Waals surface area contributed by atoms with Crippen molar-refractivity contribution in [3.63, 3.8) is 0 Å². The highest BCUT2D eigenvalue weighted by molar-refractivity contribution is 5.76. The lowest BCUT2D eigenvalue weighted by Crippen LogP contribution is -1.81. The van der Waals surface area contributed by atoms with Crippen LogP contribution in [0.5, 0.6) is 0 Å². The summed E-state index contributed by atoms with van der Waals surface area (Å²) < 4.78 is 17.3. The van der Waals surface area contributed by atoms with Crippen molar-refractivity contribution in [2.45, 2.75) is 13.3 Å². The molecule has 62 valence electrons. The molecular formula is C9H8FNO. The molecule has 0 aliphatic rings. The van der Waals surface area contributed by atoms with Crippen LogP contribution in [0.4, 0.5) is 4.39 Å². The van der Waals surface area contributed by atoms with E-state index in [2.05, 4.69) is 4.98 Å². The van der Waals surface area contributed by atoms with Crippen molar-refractivity contribution in [3.8, 4) is 0 Å². The van der Waals surface area contributed by atoms with E-state index in [-0.39, 0.29) is 0 Å². The van der Waals surface area contributed by atoms with Gasteiger partial charge in [0.25, 0.3) is 0 Å². The van der Waals surface area contributed by atoms with Gasteiger partial charge in [-0.1, -0.05) is 19.1 Å². The highest BCUT2D eigenvalue weighted by Crippen LogP contribution is 2.18. The minimum Gasteiger partial charge on any atom is -0.415 e. The Hall–Kier alpha value is -1.38. The lowest BCUT2D eigenvalue weighted by Gasteiger charge is -1.93. The molecule has 0 unspecified atom stereocenters. The SMILES string of the molecule is CCc1cccc2oc(F)nc12. The maximum absolute atomic E-state index is 12.6. The number of benzene rings is 1. The topological polar surface area (TPSA) is 26.0 Å². The fourth-order valence-electron chi connectivity index (χ4n) is 1.26. The van der Waals surface area contributed by atoms with E-state index in [1.165, 1.54) is 0 Å². The third-order valence-electron chi connectivity index (χ3n) is 1.86. The molecule has 2 aromatic rings. The van der Waals surface area contributed by atoms with E-state index >= 15 is 0 Å². The predicted molar refractivity (Wildman–Crippen MR) is 43.3 cm³/mol. The van der Waals surface area contributed by atoms with Gasteiger partial charge in [-0.05, 0) is 18.1 Å². The monoisotopic (exact) mass is 165 g/mol. The maximum atomic E-state index is 12.6. The number of hydrogen-bond acceptors (Lipinski definition) is 2. The van der Waals surface area contributed by atoms with Gasteiger partial charge in [0.1, 0.15) is 5.52 Å². The van der Waals surface area contributed by atoms with Crippen LogP contribution in [0.1, 0.15) is 12.5 Å². The van der Waals surface area contributed by atoms with Crippen LogP contribution in [-0.4, -0.2) is 4.98 Å². The summed E-state index contributed by atoms with van der Waals surface area (Å²) in [6, 6.07) is 5.47. The Kier molecular flexibility index (Phi) is 1.57. The molecule has 0 aliphatic heterocycles. The third kappa shape index (κ3) is 0.978. The molecule has 0 fully saturated rings. The normalized spacial score (nSPS) is 10.8. The number of nitrogens with zero attached hydrogens (tertiary/aromatic N) is 1. The molecule has 12 heavy (non-hydrogen) atoms. The van der Waals surface area contributed by atoms with Gasteiger partial charge in [0.2, 0.25) is 0 Å². The first-order valence-electron chi connectivity index (χ1n) is 3.85. The zero-order valence-electron chi connectivity index (χ0n) is 6.67. The number of halogens is 1. The van der Waals surface area contributed by atoms with Crippen molar-refractivity contribution in [2.75, 3.05) is 0 Å². The number of para-hydroxylation sites is 1. The fourth-order valence-corrected chi connectivity index (χ4v) is 1.26. The molecule has 0 aliphatic carbocycles. The van der Waals surface area contributed by atoms with E-state index in [9.17, 15) is 4.39 Å². The molecule has 1 aromatic carbocycles. The summed E-state index contributed by atoms with van der Waals surface area (Å²) in [5, 5.41) is 0. The molecule has 0 spiro atoms. The molecule has 0 radical (unpaired) electrons. The zero-order chi connectivity index (χ0) is 8.55. The summed E-state index contributed by atoms with van der Waals surface area (Å²) in [4.78, 5) is 3.65. The van der Waals surface area contributed by atoms with Crippen LogP contribution >= 0.6 is 0 Å². The Morgan fingerprint density at radius 3 is 3.08 bits per heavy atom. The summed E-state index contributed by atoms with van der Waals surface area (Å²) in [5.41, 5.74) is 2.17. The van der Waals surface area contributed by atoms with E-state index in [1.807, 2.05) is 19.1 Å². The van der Waals surface area contributed by atoms with Gasteiger partial charge >= 0.3 is 6.14 Å². The van der Waals surface area contributed by atoms with Crippen LogP contribution in [0.15, 0.2) is 22.6 Å². The van der Waals surface area contributed by atoms with E-state index < -0.39 is 6.14 Å². The first kappa shape index (κ1) is 7.28. The molecule has 3 heteroatoms. The van der Waals surface area contributed by atoms with Crippen LogP contribution in [-0.2, 0) is 6.42 Å². The van der Waals surface area contributed by atoms with Crippen LogP contribution < -0.4 is 0 Å². The van der Waals surface area contributed by atoms with Crippen molar-refractivity contribution >= 4 is 11.1 Å². The summed E-state index contributed by atoms with van der Waals surface area (Å²) in [5.74, 6) is 0. The second-order valence-corrected chi connectivity index (χ2v) is 2.58. The van der Waals surface area contributed by atoms with E-state index in [4.69, 9.17) is 4.42 Å². The minimum absolute atomic E-state index is 0.520. The smallest absolute Gasteiger partial charge is 0.382 e. The Bertz CT molecular complexity index is 408. The number of oxazole rings is 1. The molecule has 0 saturated heterocycles. The molecular weight excluding hydrogens is 157 g/mol. The third-order valence-corrected chi connectivity index (χ3v) is 1.86. The van der Waals surface area contributed by atoms with E-state index in [1.54, 1.807) is 6.07 Å². The molecule has 1 aromatic heterocycles. The molecule has 0 bridgehead atoms. The molecule has 0 N–H and O–H groups in total. The van der Waals surface area contributed by atoms with E-state index in [0.29, 0.717) is 11.1 Å². The fraction of sp³-hybridized carbons (Fsp3) is 0.222. The van der Waals surface area contributed by atoms with E-state index in [0.717, 1.165) is 12.0 Å². The average molecular weight is 165 g/mol. The highest BCUT2D eigenvalue weighted by atomic mass is 19.1. The molecule has 0 saturated carbocycles. The quantitative estimate of drug-likeness (QED) is 0.649. The molecule has 0 atom stereocenters. The van der Waals surface area contributed by atoms with Crippen LogP contribution in [0.2, 0.25) is 0 Å². The van der Waals surface area contributed by atoms with Crippen molar-refractivity contribution in [3.05, 3.63) is 29.9 Å². The van der Waals surface area contributed by atoms with Gasteiger partial charge in [0.15, 0.2) is 5.58 Å². The van der Waals surface area contributed by atoms with Crippen molar-refractivity contribution in [1.82, 2.24) is 4.98 Å². The lowest BCUT2D eigenvalue weighted by atomic mass is 10.1. The first-order valence-corrected chi connectivity index (χ1v) is 3.85. The number of hydrogen-bond donors (Lipinski definition) is 0. The summed E-state index contributed by atoms with van der Waals surface area (Å²) >= 11 is 0. The van der Waals surface area contributed by atoms with Gasteiger partial charge in [-0.2, -0.15) is 4.98 Å². The van der Waals surface area contributed by atoms with Gasteiger partial charge in [-0.25, -0.2) is 0 Å². The molecule has 2 nitrogen and oxygen atoms in total.